The molecule has 2 aromatic carbocycles. The molecule has 2 saturated heterocycles. The van der Waals surface area contributed by atoms with Crippen LogP contribution < -0.4 is 0 Å². The number of pyridine rings is 1. The number of rotatable bonds is 6. The van der Waals surface area contributed by atoms with E-state index in [-0.39, 0.29) is 11.8 Å². The average Bonchev–Trinajstić information content (AvgIpc) is 2.89. The molecule has 5 nitrogen and oxygen atoms in total. The molecule has 2 aliphatic heterocycles. The molecule has 35 heavy (non-hydrogen) atoms. The van der Waals surface area contributed by atoms with Crippen LogP contribution in [0.1, 0.15) is 57.2 Å². The molecule has 3 heterocycles. The van der Waals surface area contributed by atoms with Gasteiger partial charge in [0.05, 0.1) is 13.2 Å². The highest BCUT2D eigenvalue weighted by molar-refractivity contribution is 5.95. The number of benzene rings is 2. The third-order valence-electron chi connectivity index (χ3n) is 7.17. The lowest BCUT2D eigenvalue weighted by Crippen LogP contribution is -2.40. The Hall–Kier alpha value is -3.02. The fraction of sp³-hybridized carbons (Fsp3) is 0.400. The standard InChI is InChI=1S/C30H35N3O2/c1-23-7-4-8-24(19-23)20-27-11-5-13-29(31-27)26-10-6-14-33(22-26)30(34)28-12-3-2-9-25(28)21-32-15-17-35-18-16-32/h2-5,7-9,11-13,19,26H,6,10,14-18,20-22H2,1H3. The van der Waals surface area contributed by atoms with Gasteiger partial charge in [-0.3, -0.25) is 14.7 Å². The summed E-state index contributed by atoms with van der Waals surface area (Å²) in [6.45, 7) is 7.82. The van der Waals surface area contributed by atoms with Crippen LogP contribution in [-0.2, 0) is 17.7 Å². The van der Waals surface area contributed by atoms with Gasteiger partial charge in [-0.25, -0.2) is 0 Å². The van der Waals surface area contributed by atoms with Gasteiger partial charge in [-0.1, -0.05) is 54.1 Å². The van der Waals surface area contributed by atoms with Gasteiger partial charge in [-0.05, 0) is 49.1 Å². The quantitative estimate of drug-likeness (QED) is 0.519. The molecule has 0 saturated carbocycles. The van der Waals surface area contributed by atoms with Crippen molar-refractivity contribution in [1.82, 2.24) is 14.8 Å². The number of morpholine rings is 1. The van der Waals surface area contributed by atoms with Crippen LogP contribution in [0.5, 0.6) is 0 Å². The molecule has 0 bridgehead atoms. The van der Waals surface area contributed by atoms with Gasteiger partial charge < -0.3 is 9.64 Å². The lowest BCUT2D eigenvalue weighted by molar-refractivity contribution is 0.0339. The summed E-state index contributed by atoms with van der Waals surface area (Å²) < 4.78 is 5.49. The molecule has 5 rings (SSSR count). The molecule has 182 valence electrons. The predicted octanol–water partition coefficient (Wildman–Crippen LogP) is 4.83. The van der Waals surface area contributed by atoms with Crippen molar-refractivity contribution < 1.29 is 9.53 Å². The smallest absolute Gasteiger partial charge is 0.254 e. The summed E-state index contributed by atoms with van der Waals surface area (Å²) in [4.78, 5) is 23.1. The van der Waals surface area contributed by atoms with Crippen LogP contribution in [0.15, 0.2) is 66.7 Å². The van der Waals surface area contributed by atoms with Crippen molar-refractivity contribution in [3.8, 4) is 0 Å². The molecule has 5 heteroatoms. The maximum Gasteiger partial charge on any atom is 0.254 e. The zero-order chi connectivity index (χ0) is 24.0. The average molecular weight is 470 g/mol. The van der Waals surface area contributed by atoms with Gasteiger partial charge in [0, 0.05) is 62.0 Å². The van der Waals surface area contributed by atoms with Gasteiger partial charge in [0.25, 0.3) is 5.91 Å². The second kappa shape index (κ2) is 11.1. The van der Waals surface area contributed by atoms with Gasteiger partial charge >= 0.3 is 0 Å². The van der Waals surface area contributed by atoms with E-state index >= 15 is 0 Å². The molecule has 3 aromatic rings. The summed E-state index contributed by atoms with van der Waals surface area (Å²) in [6, 6.07) is 23.1. The van der Waals surface area contributed by atoms with Crippen LogP contribution in [0.3, 0.4) is 0 Å². The molecule has 1 amide bonds. The van der Waals surface area contributed by atoms with Crippen molar-refractivity contribution >= 4 is 5.91 Å². The summed E-state index contributed by atoms with van der Waals surface area (Å²) in [5.74, 6) is 0.422. The van der Waals surface area contributed by atoms with E-state index in [1.165, 1.54) is 11.1 Å². The third kappa shape index (κ3) is 5.98. The first kappa shape index (κ1) is 23.7. The number of hydrogen-bond donors (Lipinski definition) is 0. The van der Waals surface area contributed by atoms with Crippen LogP contribution in [0.4, 0.5) is 0 Å². The zero-order valence-corrected chi connectivity index (χ0v) is 20.7. The first-order valence-corrected chi connectivity index (χ1v) is 12.8. The number of hydrogen-bond acceptors (Lipinski definition) is 4. The van der Waals surface area contributed by atoms with Crippen molar-refractivity contribution in [3.63, 3.8) is 0 Å². The van der Waals surface area contributed by atoms with Crippen LogP contribution in [-0.4, -0.2) is 60.1 Å². The van der Waals surface area contributed by atoms with E-state index in [2.05, 4.69) is 60.4 Å². The Morgan fingerprint density at radius 3 is 2.69 bits per heavy atom. The highest BCUT2D eigenvalue weighted by Gasteiger charge is 2.28. The van der Waals surface area contributed by atoms with Gasteiger partial charge in [0.2, 0.25) is 0 Å². The van der Waals surface area contributed by atoms with Gasteiger partial charge in [-0.2, -0.15) is 0 Å². The minimum atomic E-state index is 0.148. The maximum absolute atomic E-state index is 13.6. The minimum Gasteiger partial charge on any atom is -0.379 e. The number of likely N-dealkylation sites (tertiary alicyclic amines) is 1. The summed E-state index contributed by atoms with van der Waals surface area (Å²) in [5, 5.41) is 0. The van der Waals surface area contributed by atoms with E-state index < -0.39 is 0 Å². The number of carbonyl (C=O) groups is 1. The number of amides is 1. The maximum atomic E-state index is 13.6. The molecular formula is C30H35N3O2. The Balaban J connectivity index is 1.29. The van der Waals surface area contributed by atoms with Gasteiger partial charge in [0.15, 0.2) is 0 Å². The zero-order valence-electron chi connectivity index (χ0n) is 20.7. The number of ether oxygens (including phenoxy) is 1. The van der Waals surface area contributed by atoms with Gasteiger partial charge in [0.1, 0.15) is 0 Å². The van der Waals surface area contributed by atoms with E-state index in [9.17, 15) is 4.79 Å². The molecule has 1 aromatic heterocycles. The van der Waals surface area contributed by atoms with Crippen LogP contribution >= 0.6 is 0 Å². The monoisotopic (exact) mass is 469 g/mol. The van der Waals surface area contributed by atoms with E-state index in [0.717, 1.165) is 87.7 Å². The van der Waals surface area contributed by atoms with Crippen LogP contribution in [0.25, 0.3) is 0 Å². The fourth-order valence-electron chi connectivity index (χ4n) is 5.30. The van der Waals surface area contributed by atoms with Crippen molar-refractivity contribution in [1.29, 1.82) is 0 Å². The highest BCUT2D eigenvalue weighted by Crippen LogP contribution is 2.28. The molecule has 1 unspecified atom stereocenters. The Labute approximate surface area is 208 Å². The molecule has 0 radical (unpaired) electrons. The Bertz CT molecular complexity index is 1160. The van der Waals surface area contributed by atoms with E-state index in [1.807, 2.05) is 23.1 Å². The summed E-state index contributed by atoms with van der Waals surface area (Å²) in [5.41, 5.74) is 6.70. The molecule has 2 aliphatic rings. The van der Waals surface area contributed by atoms with E-state index in [1.54, 1.807) is 0 Å². The third-order valence-corrected chi connectivity index (χ3v) is 7.17. The van der Waals surface area contributed by atoms with E-state index in [0.29, 0.717) is 0 Å². The molecule has 0 aliphatic carbocycles. The Morgan fingerprint density at radius 2 is 1.83 bits per heavy atom. The summed E-state index contributed by atoms with van der Waals surface area (Å²) >= 11 is 0. The highest BCUT2D eigenvalue weighted by atomic mass is 16.5. The topological polar surface area (TPSA) is 45.7 Å². The summed E-state index contributed by atoms with van der Waals surface area (Å²) in [6.07, 6.45) is 2.91. The minimum absolute atomic E-state index is 0.148. The molecule has 0 N–H and O–H groups in total. The normalized spacial score (nSPS) is 19.0. The van der Waals surface area contributed by atoms with Gasteiger partial charge in [-0.15, -0.1) is 0 Å². The number of aryl methyl sites for hydroxylation is 1. The molecule has 2 fully saturated rings. The second-order valence-electron chi connectivity index (χ2n) is 9.86. The molecular weight excluding hydrogens is 434 g/mol. The Kier molecular flexibility index (Phi) is 7.55. The second-order valence-corrected chi connectivity index (χ2v) is 9.86. The lowest BCUT2D eigenvalue weighted by Gasteiger charge is -2.33. The molecule has 1 atom stereocenters. The lowest BCUT2D eigenvalue weighted by atomic mass is 9.93. The number of nitrogens with zero attached hydrogens (tertiary/aromatic N) is 3. The SMILES string of the molecule is Cc1cccc(Cc2cccc(C3CCCN(C(=O)c4ccccc4CN4CCOCC4)C3)n2)c1. The fourth-order valence-corrected chi connectivity index (χ4v) is 5.30. The first-order valence-electron chi connectivity index (χ1n) is 12.8. The van der Waals surface area contributed by atoms with Crippen molar-refractivity contribution in [2.24, 2.45) is 0 Å². The van der Waals surface area contributed by atoms with Crippen molar-refractivity contribution in [2.45, 2.75) is 38.6 Å². The predicted molar refractivity (Wildman–Crippen MR) is 139 cm³/mol. The van der Waals surface area contributed by atoms with E-state index in [4.69, 9.17) is 9.72 Å². The number of aromatic nitrogens is 1. The number of piperidine rings is 1. The van der Waals surface area contributed by atoms with Crippen molar-refractivity contribution in [3.05, 3.63) is 100 Å². The van der Waals surface area contributed by atoms with Crippen LogP contribution in [0.2, 0.25) is 0 Å². The van der Waals surface area contributed by atoms with Crippen molar-refractivity contribution in [2.75, 3.05) is 39.4 Å². The van der Waals surface area contributed by atoms with Crippen LogP contribution in [0, 0.1) is 6.92 Å². The molecule has 0 spiro atoms. The number of carbonyl (C=O) groups excluding carboxylic acids is 1. The summed E-state index contributed by atoms with van der Waals surface area (Å²) in [7, 11) is 0. The first-order chi connectivity index (χ1) is 17.2. The largest absolute Gasteiger partial charge is 0.379 e. The Morgan fingerprint density at radius 1 is 1.00 bits per heavy atom.